The van der Waals surface area contributed by atoms with E-state index in [4.69, 9.17) is 5.11 Å². The Balaban J connectivity index is 1.85. The fraction of sp³-hybridized carbons (Fsp3) is 0.923. The van der Waals surface area contributed by atoms with Crippen LogP contribution in [0, 0.1) is 5.92 Å². The molecule has 1 aliphatic carbocycles. The van der Waals surface area contributed by atoms with Crippen LogP contribution in [0.4, 0.5) is 0 Å². The van der Waals surface area contributed by atoms with Crippen LogP contribution in [0.5, 0.6) is 0 Å². The van der Waals surface area contributed by atoms with Crippen LogP contribution in [-0.2, 0) is 4.79 Å². The van der Waals surface area contributed by atoms with Crippen LogP contribution in [-0.4, -0.2) is 58.6 Å². The third kappa shape index (κ3) is 2.63. The van der Waals surface area contributed by atoms with Gasteiger partial charge in [-0.2, -0.15) is 0 Å². The normalized spacial score (nSPS) is 32.2. The van der Waals surface area contributed by atoms with E-state index in [-0.39, 0.29) is 11.5 Å². The minimum atomic E-state index is -0.612. The predicted octanol–water partition coefficient (Wildman–Crippen LogP) is 1.27. The van der Waals surface area contributed by atoms with E-state index < -0.39 is 5.97 Å². The number of piperazine rings is 1. The smallest absolute Gasteiger partial charge is 0.308 e. The van der Waals surface area contributed by atoms with Gasteiger partial charge in [-0.1, -0.05) is 0 Å². The van der Waals surface area contributed by atoms with Gasteiger partial charge in [-0.25, -0.2) is 0 Å². The number of carboxylic acids is 1. The minimum absolute atomic E-state index is 0.115. The van der Waals surface area contributed by atoms with Crippen LogP contribution in [0.1, 0.15) is 33.6 Å². The second-order valence-corrected chi connectivity index (χ2v) is 6.28. The second kappa shape index (κ2) is 4.58. The van der Waals surface area contributed by atoms with Crippen LogP contribution in [0.15, 0.2) is 0 Å². The van der Waals surface area contributed by atoms with Crippen molar-refractivity contribution >= 4 is 5.97 Å². The van der Waals surface area contributed by atoms with E-state index in [1.54, 1.807) is 0 Å². The maximum atomic E-state index is 11.0. The summed E-state index contributed by atoms with van der Waals surface area (Å²) in [7, 11) is 0. The molecule has 0 radical (unpaired) electrons. The third-order valence-electron chi connectivity index (χ3n) is 4.29. The van der Waals surface area contributed by atoms with Crippen LogP contribution in [0.25, 0.3) is 0 Å². The Bertz CT molecular complexity index is 290. The van der Waals surface area contributed by atoms with Gasteiger partial charge in [-0.15, -0.1) is 0 Å². The van der Waals surface area contributed by atoms with E-state index in [2.05, 4.69) is 30.6 Å². The summed E-state index contributed by atoms with van der Waals surface area (Å²) < 4.78 is 0. The fourth-order valence-electron chi connectivity index (χ4n) is 2.93. The van der Waals surface area contributed by atoms with Crippen molar-refractivity contribution in [1.29, 1.82) is 0 Å². The Morgan fingerprint density at radius 3 is 2.06 bits per heavy atom. The number of hydrogen-bond acceptors (Lipinski definition) is 3. The van der Waals surface area contributed by atoms with Crippen LogP contribution >= 0.6 is 0 Å². The summed E-state index contributed by atoms with van der Waals surface area (Å²) in [6, 6.07) is 0.301. The first-order valence-electron chi connectivity index (χ1n) is 6.61. The summed E-state index contributed by atoms with van der Waals surface area (Å²) in [5.41, 5.74) is 0.234. The van der Waals surface area contributed by atoms with Gasteiger partial charge in [0.15, 0.2) is 0 Å². The molecule has 2 atom stereocenters. The number of hydrogen-bond donors (Lipinski definition) is 1. The maximum absolute atomic E-state index is 11.0. The van der Waals surface area contributed by atoms with Gasteiger partial charge in [-0.3, -0.25) is 14.6 Å². The number of aliphatic carboxylic acids is 1. The van der Waals surface area contributed by atoms with Gasteiger partial charge < -0.3 is 5.11 Å². The van der Waals surface area contributed by atoms with Gasteiger partial charge in [0, 0.05) is 37.8 Å². The molecule has 17 heavy (non-hydrogen) atoms. The monoisotopic (exact) mass is 240 g/mol. The van der Waals surface area contributed by atoms with E-state index in [0.717, 1.165) is 39.0 Å². The zero-order chi connectivity index (χ0) is 12.6. The van der Waals surface area contributed by atoms with Crippen molar-refractivity contribution in [2.24, 2.45) is 5.92 Å². The number of carboxylic acid groups (broad SMARTS) is 1. The molecule has 0 amide bonds. The molecule has 1 N–H and O–H groups in total. The molecule has 98 valence electrons. The molecule has 0 aromatic heterocycles. The van der Waals surface area contributed by atoms with Crippen molar-refractivity contribution in [1.82, 2.24) is 9.80 Å². The first kappa shape index (κ1) is 12.8. The van der Waals surface area contributed by atoms with Gasteiger partial charge >= 0.3 is 5.97 Å². The number of carbonyl (C=O) groups is 1. The Morgan fingerprint density at radius 2 is 1.71 bits per heavy atom. The Hall–Kier alpha value is -0.610. The van der Waals surface area contributed by atoms with Gasteiger partial charge in [0.25, 0.3) is 0 Å². The van der Waals surface area contributed by atoms with Gasteiger partial charge in [0.2, 0.25) is 0 Å². The molecule has 1 saturated heterocycles. The average Bonchev–Trinajstić information content (AvgIpc) is 2.14. The van der Waals surface area contributed by atoms with E-state index in [9.17, 15) is 4.79 Å². The molecule has 0 bridgehead atoms. The molecule has 4 heteroatoms. The van der Waals surface area contributed by atoms with Crippen molar-refractivity contribution < 1.29 is 9.90 Å². The van der Waals surface area contributed by atoms with Crippen molar-refractivity contribution in [2.75, 3.05) is 26.2 Å². The lowest BCUT2D eigenvalue weighted by Crippen LogP contribution is -2.59. The fourth-order valence-corrected chi connectivity index (χ4v) is 2.93. The zero-order valence-electron chi connectivity index (χ0n) is 11.1. The van der Waals surface area contributed by atoms with Crippen LogP contribution in [0.2, 0.25) is 0 Å². The minimum Gasteiger partial charge on any atom is -0.481 e. The second-order valence-electron chi connectivity index (χ2n) is 6.28. The lowest BCUT2D eigenvalue weighted by molar-refractivity contribution is -0.149. The molecule has 0 aromatic carbocycles. The standard InChI is InChI=1S/C13H24N2O2/c1-13(2,3)15-8-6-14(7-9-15)11-5-4-10(11)12(16)17/h10-11H,4-9H2,1-3H3,(H,16,17). The summed E-state index contributed by atoms with van der Waals surface area (Å²) >= 11 is 0. The molecule has 2 fully saturated rings. The summed E-state index contributed by atoms with van der Waals surface area (Å²) in [6.07, 6.45) is 1.92. The lowest BCUT2D eigenvalue weighted by atomic mass is 9.78. The maximum Gasteiger partial charge on any atom is 0.308 e. The topological polar surface area (TPSA) is 43.8 Å². The van der Waals surface area contributed by atoms with Crippen LogP contribution < -0.4 is 0 Å². The Kier molecular flexibility index (Phi) is 3.46. The van der Waals surface area contributed by atoms with E-state index in [1.807, 2.05) is 0 Å². The lowest BCUT2D eigenvalue weighted by Gasteiger charge is -2.48. The average molecular weight is 240 g/mol. The summed E-state index contributed by atoms with van der Waals surface area (Å²) in [5.74, 6) is -0.726. The first-order valence-corrected chi connectivity index (χ1v) is 6.61. The third-order valence-corrected chi connectivity index (χ3v) is 4.29. The van der Waals surface area contributed by atoms with Crippen molar-refractivity contribution in [3.63, 3.8) is 0 Å². The van der Waals surface area contributed by atoms with Crippen molar-refractivity contribution in [3.8, 4) is 0 Å². The highest BCUT2D eigenvalue weighted by Crippen LogP contribution is 2.33. The van der Waals surface area contributed by atoms with E-state index >= 15 is 0 Å². The molecule has 1 aliphatic heterocycles. The largest absolute Gasteiger partial charge is 0.481 e. The van der Waals surface area contributed by atoms with E-state index in [1.165, 1.54) is 0 Å². The first-order chi connectivity index (χ1) is 7.89. The molecule has 2 unspecified atom stereocenters. The molecular weight excluding hydrogens is 216 g/mol. The quantitative estimate of drug-likeness (QED) is 0.789. The summed E-state index contributed by atoms with van der Waals surface area (Å²) in [6.45, 7) is 10.9. The van der Waals surface area contributed by atoms with Crippen molar-refractivity contribution in [3.05, 3.63) is 0 Å². The summed E-state index contributed by atoms with van der Waals surface area (Å²) in [5, 5.41) is 9.08. The SMILES string of the molecule is CC(C)(C)N1CCN(C2CCC2C(=O)O)CC1. The molecular formula is C13H24N2O2. The molecule has 0 aromatic rings. The summed E-state index contributed by atoms with van der Waals surface area (Å²) in [4.78, 5) is 15.9. The van der Waals surface area contributed by atoms with Crippen LogP contribution in [0.3, 0.4) is 0 Å². The van der Waals surface area contributed by atoms with Crippen molar-refractivity contribution in [2.45, 2.75) is 45.2 Å². The highest BCUT2D eigenvalue weighted by Gasteiger charge is 2.41. The molecule has 2 rings (SSSR count). The Labute approximate surface area is 104 Å². The molecule has 1 saturated carbocycles. The molecule has 2 aliphatic rings. The molecule has 0 spiro atoms. The molecule has 4 nitrogen and oxygen atoms in total. The molecule has 1 heterocycles. The highest BCUT2D eigenvalue weighted by atomic mass is 16.4. The predicted molar refractivity (Wildman–Crippen MR) is 67.0 cm³/mol. The number of rotatable bonds is 2. The Morgan fingerprint density at radius 1 is 1.12 bits per heavy atom. The van der Waals surface area contributed by atoms with Gasteiger partial charge in [0.05, 0.1) is 5.92 Å². The van der Waals surface area contributed by atoms with Gasteiger partial charge in [-0.05, 0) is 33.6 Å². The van der Waals surface area contributed by atoms with E-state index in [0.29, 0.717) is 6.04 Å². The zero-order valence-corrected chi connectivity index (χ0v) is 11.1. The van der Waals surface area contributed by atoms with Gasteiger partial charge in [0.1, 0.15) is 0 Å². The number of nitrogens with zero attached hydrogens (tertiary/aromatic N) is 2. The highest BCUT2D eigenvalue weighted by molar-refractivity contribution is 5.72.